The first-order chi connectivity index (χ1) is 8.72. The Kier molecular flexibility index (Phi) is 3.29. The summed E-state index contributed by atoms with van der Waals surface area (Å²) in [6, 6.07) is 8.59. The largest absolute Gasteiger partial charge is 0.490 e. The van der Waals surface area contributed by atoms with E-state index in [1.807, 2.05) is 6.07 Å². The average molecular weight is 245 g/mol. The van der Waals surface area contributed by atoms with Crippen LogP contribution in [0.1, 0.15) is 50.6 Å². The molecule has 18 heavy (non-hydrogen) atoms. The second-order valence-electron chi connectivity index (χ2n) is 6.09. The molecule has 2 fully saturated rings. The summed E-state index contributed by atoms with van der Waals surface area (Å²) >= 11 is 0. The van der Waals surface area contributed by atoms with Crippen molar-refractivity contribution < 1.29 is 4.74 Å². The third kappa shape index (κ3) is 2.69. The fourth-order valence-electron chi connectivity index (χ4n) is 3.02. The summed E-state index contributed by atoms with van der Waals surface area (Å²) in [5, 5.41) is 0. The van der Waals surface area contributed by atoms with Crippen LogP contribution in [0.5, 0.6) is 5.75 Å². The summed E-state index contributed by atoms with van der Waals surface area (Å²) in [5.41, 5.74) is 7.67. The van der Waals surface area contributed by atoms with Crippen LogP contribution in [0.2, 0.25) is 0 Å². The van der Waals surface area contributed by atoms with Crippen molar-refractivity contribution in [2.45, 2.75) is 51.2 Å². The SMILES string of the molecule is CC1CCC(C(N)c2cccc(OC3CC3)c2)C1. The molecule has 2 saturated carbocycles. The minimum atomic E-state index is 0.178. The topological polar surface area (TPSA) is 35.2 Å². The van der Waals surface area contributed by atoms with E-state index >= 15 is 0 Å². The lowest BCUT2D eigenvalue weighted by molar-refractivity contribution is 0.302. The molecule has 0 heterocycles. The summed E-state index contributed by atoms with van der Waals surface area (Å²) in [6.45, 7) is 2.33. The molecule has 0 bridgehead atoms. The fourth-order valence-corrected chi connectivity index (χ4v) is 3.02. The van der Waals surface area contributed by atoms with Crippen LogP contribution in [0.15, 0.2) is 24.3 Å². The molecule has 3 unspecified atom stereocenters. The van der Waals surface area contributed by atoms with Crippen LogP contribution < -0.4 is 10.5 Å². The van der Waals surface area contributed by atoms with E-state index in [1.165, 1.54) is 37.7 Å². The van der Waals surface area contributed by atoms with Gasteiger partial charge in [-0.05, 0) is 55.2 Å². The lowest BCUT2D eigenvalue weighted by atomic mass is 9.92. The molecule has 3 rings (SSSR count). The van der Waals surface area contributed by atoms with Crippen molar-refractivity contribution in [2.75, 3.05) is 0 Å². The van der Waals surface area contributed by atoms with Crippen molar-refractivity contribution in [3.05, 3.63) is 29.8 Å². The highest BCUT2D eigenvalue weighted by Crippen LogP contribution is 2.38. The molecule has 1 aromatic rings. The van der Waals surface area contributed by atoms with Gasteiger partial charge >= 0.3 is 0 Å². The highest BCUT2D eigenvalue weighted by atomic mass is 16.5. The molecule has 2 heteroatoms. The van der Waals surface area contributed by atoms with Crippen molar-refractivity contribution in [1.29, 1.82) is 0 Å². The van der Waals surface area contributed by atoms with Crippen molar-refractivity contribution in [3.63, 3.8) is 0 Å². The summed E-state index contributed by atoms with van der Waals surface area (Å²) in [4.78, 5) is 0. The van der Waals surface area contributed by atoms with Gasteiger partial charge in [-0.3, -0.25) is 0 Å². The lowest BCUT2D eigenvalue weighted by Gasteiger charge is -2.20. The average Bonchev–Trinajstić information content (AvgIpc) is 3.08. The quantitative estimate of drug-likeness (QED) is 0.878. The first-order valence-corrected chi connectivity index (χ1v) is 7.24. The van der Waals surface area contributed by atoms with Crippen molar-refractivity contribution >= 4 is 0 Å². The summed E-state index contributed by atoms with van der Waals surface area (Å²) < 4.78 is 5.84. The molecule has 98 valence electrons. The Balaban J connectivity index is 1.70. The van der Waals surface area contributed by atoms with Gasteiger partial charge in [0.1, 0.15) is 5.75 Å². The minimum absolute atomic E-state index is 0.178. The van der Waals surface area contributed by atoms with Crippen LogP contribution in [0.4, 0.5) is 0 Å². The molecule has 2 nitrogen and oxygen atoms in total. The maximum Gasteiger partial charge on any atom is 0.120 e. The van der Waals surface area contributed by atoms with Gasteiger partial charge in [0.15, 0.2) is 0 Å². The standard InChI is InChI=1S/C16H23NO/c1-11-5-6-13(9-11)16(17)12-3-2-4-15(10-12)18-14-7-8-14/h2-4,10-11,13-14,16H,5-9,17H2,1H3. The molecule has 2 N–H and O–H groups in total. The van der Waals surface area contributed by atoms with Gasteiger partial charge in [0, 0.05) is 6.04 Å². The van der Waals surface area contributed by atoms with E-state index in [2.05, 4.69) is 25.1 Å². The minimum Gasteiger partial charge on any atom is -0.490 e. The van der Waals surface area contributed by atoms with Crippen LogP contribution in [0.3, 0.4) is 0 Å². The highest BCUT2D eigenvalue weighted by Gasteiger charge is 2.28. The zero-order valence-corrected chi connectivity index (χ0v) is 11.1. The highest BCUT2D eigenvalue weighted by molar-refractivity contribution is 5.31. The first kappa shape index (κ1) is 12.0. The van der Waals surface area contributed by atoms with Crippen LogP contribution in [-0.2, 0) is 0 Å². The number of rotatable bonds is 4. The molecule has 0 saturated heterocycles. The Morgan fingerprint density at radius 1 is 1.22 bits per heavy atom. The zero-order valence-electron chi connectivity index (χ0n) is 11.1. The smallest absolute Gasteiger partial charge is 0.120 e. The van der Waals surface area contributed by atoms with Gasteiger partial charge in [-0.15, -0.1) is 0 Å². The Hall–Kier alpha value is -1.02. The van der Waals surface area contributed by atoms with Crippen LogP contribution in [-0.4, -0.2) is 6.10 Å². The molecular formula is C16H23NO. The Labute approximate surface area is 110 Å². The van der Waals surface area contributed by atoms with E-state index in [4.69, 9.17) is 10.5 Å². The third-order valence-electron chi connectivity index (χ3n) is 4.31. The van der Waals surface area contributed by atoms with Gasteiger partial charge in [-0.2, -0.15) is 0 Å². The Bertz CT molecular complexity index is 413. The van der Waals surface area contributed by atoms with Crippen molar-refractivity contribution in [2.24, 2.45) is 17.6 Å². The summed E-state index contributed by atoms with van der Waals surface area (Å²) in [6.07, 6.45) is 6.75. The summed E-state index contributed by atoms with van der Waals surface area (Å²) in [7, 11) is 0. The van der Waals surface area contributed by atoms with Gasteiger partial charge in [-0.1, -0.05) is 25.5 Å². The van der Waals surface area contributed by atoms with Crippen molar-refractivity contribution in [1.82, 2.24) is 0 Å². The number of hydrogen-bond acceptors (Lipinski definition) is 2. The molecule has 0 spiro atoms. The number of benzene rings is 1. The lowest BCUT2D eigenvalue weighted by Crippen LogP contribution is -2.19. The maximum absolute atomic E-state index is 6.42. The molecule has 0 amide bonds. The molecule has 0 radical (unpaired) electrons. The van der Waals surface area contributed by atoms with E-state index in [0.29, 0.717) is 12.0 Å². The van der Waals surface area contributed by atoms with Crippen LogP contribution >= 0.6 is 0 Å². The first-order valence-electron chi connectivity index (χ1n) is 7.24. The van der Waals surface area contributed by atoms with Gasteiger partial charge < -0.3 is 10.5 Å². The molecule has 0 aliphatic heterocycles. The number of nitrogens with two attached hydrogens (primary N) is 1. The van der Waals surface area contributed by atoms with Gasteiger partial charge in [0.25, 0.3) is 0 Å². The normalized spacial score (nSPS) is 29.2. The number of ether oxygens (including phenoxy) is 1. The predicted octanol–water partition coefficient (Wildman–Crippen LogP) is 3.66. The number of hydrogen-bond donors (Lipinski definition) is 1. The summed E-state index contributed by atoms with van der Waals surface area (Å²) in [5.74, 6) is 2.49. The molecule has 1 aromatic carbocycles. The van der Waals surface area contributed by atoms with Gasteiger partial charge in [0.05, 0.1) is 6.10 Å². The molecule has 2 aliphatic carbocycles. The third-order valence-corrected chi connectivity index (χ3v) is 4.31. The van der Waals surface area contributed by atoms with E-state index in [1.54, 1.807) is 0 Å². The molecule has 2 aliphatic rings. The second kappa shape index (κ2) is 4.93. The second-order valence-corrected chi connectivity index (χ2v) is 6.09. The van der Waals surface area contributed by atoms with Gasteiger partial charge in [-0.25, -0.2) is 0 Å². The van der Waals surface area contributed by atoms with Crippen LogP contribution in [0, 0.1) is 11.8 Å². The van der Waals surface area contributed by atoms with Crippen LogP contribution in [0.25, 0.3) is 0 Å². The Morgan fingerprint density at radius 3 is 2.72 bits per heavy atom. The zero-order chi connectivity index (χ0) is 12.5. The molecule has 0 aromatic heterocycles. The Morgan fingerprint density at radius 2 is 2.06 bits per heavy atom. The molecule has 3 atom stereocenters. The van der Waals surface area contributed by atoms with Crippen molar-refractivity contribution in [3.8, 4) is 5.75 Å². The fraction of sp³-hybridized carbons (Fsp3) is 0.625. The van der Waals surface area contributed by atoms with E-state index in [9.17, 15) is 0 Å². The van der Waals surface area contributed by atoms with E-state index < -0.39 is 0 Å². The van der Waals surface area contributed by atoms with Gasteiger partial charge in [0.2, 0.25) is 0 Å². The predicted molar refractivity (Wildman–Crippen MR) is 73.5 cm³/mol. The monoisotopic (exact) mass is 245 g/mol. The van der Waals surface area contributed by atoms with E-state index in [-0.39, 0.29) is 6.04 Å². The maximum atomic E-state index is 6.42. The molecular weight excluding hydrogens is 222 g/mol. The van der Waals surface area contributed by atoms with E-state index in [0.717, 1.165) is 11.7 Å².